The topological polar surface area (TPSA) is 86.2 Å². The second-order valence-electron chi connectivity index (χ2n) is 3.35. The number of hydrogen-bond acceptors (Lipinski definition) is 3. The highest BCUT2D eigenvalue weighted by Crippen LogP contribution is 2.10. The molecule has 0 bridgehead atoms. The normalized spacial score (nSPS) is 13.2. The van der Waals surface area contributed by atoms with Crippen LogP contribution >= 0.6 is 0 Å². The fourth-order valence-electron chi connectivity index (χ4n) is 0.675. The molecule has 0 atom stereocenters. The highest BCUT2D eigenvalue weighted by atomic mass is 16.6. The van der Waals surface area contributed by atoms with Gasteiger partial charge in [0.15, 0.2) is 0 Å². The molecule has 0 rings (SSSR count). The lowest BCUT2D eigenvalue weighted by Gasteiger charge is -2.09. The molecule has 0 heterocycles. The first-order chi connectivity index (χ1) is 6.31. The predicted molar refractivity (Wildman–Crippen MR) is 53.2 cm³/mol. The summed E-state index contributed by atoms with van der Waals surface area (Å²) in [4.78, 5) is 20.8. The van der Waals surface area contributed by atoms with E-state index in [0.717, 1.165) is 0 Å². The van der Waals surface area contributed by atoms with Crippen LogP contribution in [0.4, 0.5) is 0 Å². The summed E-state index contributed by atoms with van der Waals surface area (Å²) in [7, 11) is 0. The summed E-state index contributed by atoms with van der Waals surface area (Å²) < 4.78 is 0. The van der Waals surface area contributed by atoms with Crippen LogP contribution in [0, 0.1) is 10.1 Å². The molecule has 0 spiro atoms. The van der Waals surface area contributed by atoms with Crippen molar-refractivity contribution < 1.29 is 9.72 Å². The van der Waals surface area contributed by atoms with Gasteiger partial charge in [-0.05, 0) is 19.1 Å². The van der Waals surface area contributed by atoms with E-state index in [1.807, 2.05) is 0 Å². The van der Waals surface area contributed by atoms with Gasteiger partial charge in [0.25, 0.3) is 0 Å². The van der Waals surface area contributed by atoms with Crippen LogP contribution in [0.3, 0.4) is 0 Å². The van der Waals surface area contributed by atoms with E-state index in [-0.39, 0.29) is 5.57 Å². The number of allylic oxidation sites excluding steroid dienone is 1. The zero-order chi connectivity index (χ0) is 11.4. The Bertz CT molecular complexity index is 303. The van der Waals surface area contributed by atoms with Crippen molar-refractivity contribution >= 4 is 5.91 Å². The Morgan fingerprint density at radius 2 is 2.00 bits per heavy atom. The van der Waals surface area contributed by atoms with Gasteiger partial charge in [-0.1, -0.05) is 6.08 Å². The Labute approximate surface area is 82.4 Å². The standard InChI is InChI=1S/C9H14N2O3/c1-4-7(8(10)12)5-6-9(2,3)11(13)14/h4-6H,1-3H3,(H2,10,12)/b6-5-,7-4+. The summed E-state index contributed by atoms with van der Waals surface area (Å²) in [5.41, 5.74) is 4.10. The van der Waals surface area contributed by atoms with Gasteiger partial charge >= 0.3 is 0 Å². The van der Waals surface area contributed by atoms with Gasteiger partial charge in [-0.2, -0.15) is 0 Å². The summed E-state index contributed by atoms with van der Waals surface area (Å²) in [6.45, 7) is 4.53. The summed E-state index contributed by atoms with van der Waals surface area (Å²) >= 11 is 0. The Hall–Kier alpha value is -1.65. The van der Waals surface area contributed by atoms with Crippen molar-refractivity contribution in [1.82, 2.24) is 0 Å². The minimum absolute atomic E-state index is 0.264. The SMILES string of the molecule is C/C=C(\C=C/C(C)(C)[N+](=O)[O-])C(N)=O. The molecule has 5 heteroatoms. The molecule has 0 aromatic carbocycles. The van der Waals surface area contributed by atoms with Gasteiger partial charge in [-0.3, -0.25) is 14.9 Å². The number of primary amides is 1. The van der Waals surface area contributed by atoms with Crippen LogP contribution in [-0.2, 0) is 4.79 Å². The number of nitrogens with zero attached hydrogens (tertiary/aromatic N) is 1. The molecule has 5 nitrogen and oxygen atoms in total. The van der Waals surface area contributed by atoms with Crippen LogP contribution < -0.4 is 5.73 Å². The average molecular weight is 198 g/mol. The molecule has 0 fully saturated rings. The summed E-state index contributed by atoms with van der Waals surface area (Å²) in [5, 5.41) is 10.5. The first-order valence-corrected chi connectivity index (χ1v) is 4.11. The predicted octanol–water partition coefficient (Wildman–Crippen LogP) is 1.03. The fourth-order valence-corrected chi connectivity index (χ4v) is 0.675. The highest BCUT2D eigenvalue weighted by molar-refractivity contribution is 5.94. The molecular weight excluding hydrogens is 184 g/mol. The number of rotatable bonds is 4. The molecule has 0 aromatic rings. The number of amides is 1. The lowest BCUT2D eigenvalue weighted by Crippen LogP contribution is -2.28. The minimum Gasteiger partial charge on any atom is -0.366 e. The maximum atomic E-state index is 10.8. The minimum atomic E-state index is -1.19. The molecule has 2 N–H and O–H groups in total. The maximum Gasteiger partial charge on any atom is 0.248 e. The number of nitro groups is 1. The molecule has 1 amide bonds. The van der Waals surface area contributed by atoms with Crippen LogP contribution in [0.1, 0.15) is 20.8 Å². The van der Waals surface area contributed by atoms with Gasteiger partial charge in [0.2, 0.25) is 11.4 Å². The van der Waals surface area contributed by atoms with E-state index in [1.54, 1.807) is 6.92 Å². The highest BCUT2D eigenvalue weighted by Gasteiger charge is 2.26. The molecule has 0 saturated carbocycles. The molecule has 0 aliphatic carbocycles. The van der Waals surface area contributed by atoms with E-state index in [1.165, 1.54) is 32.1 Å². The lowest BCUT2D eigenvalue weighted by atomic mass is 10.0. The van der Waals surface area contributed by atoms with Crippen molar-refractivity contribution in [3.63, 3.8) is 0 Å². The molecule has 0 unspecified atom stereocenters. The van der Waals surface area contributed by atoms with Gasteiger partial charge in [-0.15, -0.1) is 0 Å². The monoisotopic (exact) mass is 198 g/mol. The summed E-state index contributed by atoms with van der Waals surface area (Å²) in [6.07, 6.45) is 4.22. The van der Waals surface area contributed by atoms with E-state index in [9.17, 15) is 14.9 Å². The van der Waals surface area contributed by atoms with Crippen molar-refractivity contribution in [2.75, 3.05) is 0 Å². The molecule has 0 aliphatic rings. The van der Waals surface area contributed by atoms with Crippen molar-refractivity contribution in [2.24, 2.45) is 5.73 Å². The van der Waals surface area contributed by atoms with Gasteiger partial charge < -0.3 is 5.73 Å². The van der Waals surface area contributed by atoms with Crippen molar-refractivity contribution in [3.05, 3.63) is 33.9 Å². The summed E-state index contributed by atoms with van der Waals surface area (Å²) in [5.74, 6) is -0.595. The quantitative estimate of drug-likeness (QED) is 0.317. The lowest BCUT2D eigenvalue weighted by molar-refractivity contribution is -0.545. The van der Waals surface area contributed by atoms with E-state index in [4.69, 9.17) is 5.73 Å². The molecule has 0 aromatic heterocycles. The van der Waals surface area contributed by atoms with E-state index < -0.39 is 16.4 Å². The average Bonchev–Trinajstić information content (AvgIpc) is 2.04. The molecule has 14 heavy (non-hydrogen) atoms. The van der Waals surface area contributed by atoms with Crippen LogP contribution in [0.5, 0.6) is 0 Å². The molecular formula is C9H14N2O3. The molecule has 78 valence electrons. The largest absolute Gasteiger partial charge is 0.366 e. The second kappa shape index (κ2) is 4.55. The van der Waals surface area contributed by atoms with E-state index in [0.29, 0.717) is 0 Å². The van der Waals surface area contributed by atoms with E-state index >= 15 is 0 Å². The smallest absolute Gasteiger partial charge is 0.248 e. The van der Waals surface area contributed by atoms with Crippen LogP contribution in [0.2, 0.25) is 0 Å². The van der Waals surface area contributed by atoms with Crippen LogP contribution in [0.15, 0.2) is 23.8 Å². The Morgan fingerprint density at radius 3 is 2.29 bits per heavy atom. The third-order valence-electron chi connectivity index (χ3n) is 1.74. The van der Waals surface area contributed by atoms with E-state index in [2.05, 4.69) is 0 Å². The van der Waals surface area contributed by atoms with Gasteiger partial charge in [-0.25, -0.2) is 0 Å². The maximum absolute atomic E-state index is 10.8. The Balaban J connectivity index is 4.75. The third kappa shape index (κ3) is 3.38. The number of carbonyl (C=O) groups is 1. The van der Waals surface area contributed by atoms with Crippen LogP contribution in [-0.4, -0.2) is 16.4 Å². The van der Waals surface area contributed by atoms with Gasteiger partial charge in [0, 0.05) is 24.3 Å². The molecule has 0 saturated heterocycles. The van der Waals surface area contributed by atoms with Gasteiger partial charge in [0.1, 0.15) is 0 Å². The van der Waals surface area contributed by atoms with Crippen molar-refractivity contribution in [1.29, 1.82) is 0 Å². The Morgan fingerprint density at radius 1 is 1.50 bits per heavy atom. The Kier molecular flexibility index (Phi) is 4.01. The third-order valence-corrected chi connectivity index (χ3v) is 1.74. The summed E-state index contributed by atoms with van der Waals surface area (Å²) in [6, 6.07) is 0. The van der Waals surface area contributed by atoms with Crippen molar-refractivity contribution in [2.45, 2.75) is 26.3 Å². The van der Waals surface area contributed by atoms with Gasteiger partial charge in [0.05, 0.1) is 0 Å². The fraction of sp³-hybridized carbons (Fsp3) is 0.444. The zero-order valence-electron chi connectivity index (χ0n) is 8.48. The number of carbonyl (C=O) groups excluding carboxylic acids is 1. The molecule has 0 radical (unpaired) electrons. The number of nitrogens with two attached hydrogens (primary N) is 1. The van der Waals surface area contributed by atoms with Crippen LogP contribution in [0.25, 0.3) is 0 Å². The first kappa shape index (κ1) is 12.3. The zero-order valence-corrected chi connectivity index (χ0v) is 8.48. The second-order valence-corrected chi connectivity index (χ2v) is 3.35. The molecule has 0 aliphatic heterocycles. The first-order valence-electron chi connectivity index (χ1n) is 4.11. The number of hydrogen-bond donors (Lipinski definition) is 1. The van der Waals surface area contributed by atoms with Crippen molar-refractivity contribution in [3.8, 4) is 0 Å².